The Labute approximate surface area is 118 Å². The molecule has 0 bridgehead atoms. The predicted molar refractivity (Wildman–Crippen MR) is 78.6 cm³/mol. The third-order valence-corrected chi connectivity index (χ3v) is 4.60. The first kappa shape index (κ1) is 14.1. The van der Waals surface area contributed by atoms with Gasteiger partial charge >= 0.3 is 0 Å². The minimum absolute atomic E-state index is 0.427. The predicted octanol–water partition coefficient (Wildman–Crippen LogP) is 3.90. The fraction of sp³-hybridized carbons (Fsp3) is 0.786. The first-order valence-electron chi connectivity index (χ1n) is 7.14. The third kappa shape index (κ3) is 3.15. The lowest BCUT2D eigenvalue weighted by Crippen LogP contribution is -2.23. The molecule has 0 amide bonds. The van der Waals surface area contributed by atoms with Crippen LogP contribution in [-0.4, -0.2) is 16.8 Å². The second-order valence-electron chi connectivity index (χ2n) is 5.33. The second-order valence-corrected chi connectivity index (χ2v) is 6.18. The summed E-state index contributed by atoms with van der Waals surface area (Å²) in [5.74, 6) is 0.888. The highest BCUT2D eigenvalue weighted by Gasteiger charge is 2.24. The molecule has 1 aromatic rings. The minimum Gasteiger partial charge on any atom is -0.312 e. The summed E-state index contributed by atoms with van der Waals surface area (Å²) >= 11 is 3.65. The van der Waals surface area contributed by atoms with Crippen molar-refractivity contribution in [1.29, 1.82) is 0 Å². The van der Waals surface area contributed by atoms with Crippen LogP contribution in [0.1, 0.15) is 57.2 Å². The van der Waals surface area contributed by atoms with Gasteiger partial charge in [-0.05, 0) is 41.7 Å². The lowest BCUT2D eigenvalue weighted by molar-refractivity contribution is 0.389. The lowest BCUT2D eigenvalue weighted by atomic mass is 9.96. The van der Waals surface area contributed by atoms with Gasteiger partial charge in [0, 0.05) is 6.54 Å². The number of nitrogens with zero attached hydrogens (tertiary/aromatic N) is 2. The SMILES string of the molecule is CCCn1ncc(Br)c1C(CC1CCCC1)NC. The number of nitrogens with one attached hydrogen (secondary N) is 1. The van der Waals surface area contributed by atoms with Crippen molar-refractivity contribution in [3.63, 3.8) is 0 Å². The Hall–Kier alpha value is -0.350. The number of aryl methyl sites for hydroxylation is 1. The highest BCUT2D eigenvalue weighted by molar-refractivity contribution is 9.10. The van der Waals surface area contributed by atoms with E-state index in [0.29, 0.717) is 6.04 Å². The Morgan fingerprint density at radius 1 is 1.50 bits per heavy atom. The van der Waals surface area contributed by atoms with Crippen LogP contribution < -0.4 is 5.32 Å². The van der Waals surface area contributed by atoms with Crippen LogP contribution in [0.4, 0.5) is 0 Å². The van der Waals surface area contributed by atoms with Crippen LogP contribution in [0.15, 0.2) is 10.7 Å². The van der Waals surface area contributed by atoms with Crippen molar-refractivity contribution >= 4 is 15.9 Å². The fourth-order valence-corrected chi connectivity index (χ4v) is 3.63. The van der Waals surface area contributed by atoms with E-state index in [1.165, 1.54) is 37.8 Å². The molecule has 1 heterocycles. The molecule has 1 aliphatic carbocycles. The van der Waals surface area contributed by atoms with E-state index in [9.17, 15) is 0 Å². The summed E-state index contributed by atoms with van der Waals surface area (Å²) in [6.45, 7) is 3.20. The van der Waals surface area contributed by atoms with E-state index in [1.807, 2.05) is 6.20 Å². The van der Waals surface area contributed by atoms with E-state index in [1.54, 1.807) is 0 Å². The normalized spacial score (nSPS) is 18.4. The molecule has 0 radical (unpaired) electrons. The van der Waals surface area contributed by atoms with E-state index in [2.05, 4.69) is 45.0 Å². The van der Waals surface area contributed by atoms with Gasteiger partial charge < -0.3 is 5.32 Å². The van der Waals surface area contributed by atoms with Crippen molar-refractivity contribution in [2.45, 2.75) is 58.0 Å². The van der Waals surface area contributed by atoms with Gasteiger partial charge in [-0.3, -0.25) is 4.68 Å². The summed E-state index contributed by atoms with van der Waals surface area (Å²) in [7, 11) is 2.06. The van der Waals surface area contributed by atoms with Crippen molar-refractivity contribution in [3.8, 4) is 0 Å². The highest BCUT2D eigenvalue weighted by atomic mass is 79.9. The molecular weight excluding hydrogens is 290 g/mol. The van der Waals surface area contributed by atoms with E-state index < -0.39 is 0 Å². The number of halogens is 1. The zero-order valence-electron chi connectivity index (χ0n) is 11.5. The standard InChI is InChI=1S/C14H24BrN3/c1-3-8-18-14(12(15)10-17-18)13(16-2)9-11-6-4-5-7-11/h10-11,13,16H,3-9H2,1-2H3. The van der Waals surface area contributed by atoms with Gasteiger partial charge in [-0.15, -0.1) is 0 Å². The van der Waals surface area contributed by atoms with Crippen LogP contribution in [-0.2, 0) is 6.54 Å². The van der Waals surface area contributed by atoms with Crippen molar-refractivity contribution in [2.75, 3.05) is 7.05 Å². The van der Waals surface area contributed by atoms with E-state index >= 15 is 0 Å². The molecule has 1 unspecified atom stereocenters. The number of hydrogen-bond donors (Lipinski definition) is 1. The van der Waals surface area contributed by atoms with Gasteiger partial charge in [0.1, 0.15) is 0 Å². The fourth-order valence-electron chi connectivity index (χ4n) is 3.05. The molecule has 3 nitrogen and oxygen atoms in total. The van der Waals surface area contributed by atoms with Crippen LogP contribution in [0.2, 0.25) is 0 Å². The van der Waals surface area contributed by atoms with Gasteiger partial charge in [0.15, 0.2) is 0 Å². The van der Waals surface area contributed by atoms with Gasteiger partial charge in [0.2, 0.25) is 0 Å². The minimum atomic E-state index is 0.427. The Morgan fingerprint density at radius 3 is 2.83 bits per heavy atom. The Balaban J connectivity index is 2.12. The van der Waals surface area contributed by atoms with Gasteiger partial charge in [0.25, 0.3) is 0 Å². The summed E-state index contributed by atoms with van der Waals surface area (Å²) in [5.41, 5.74) is 1.33. The molecule has 1 N–H and O–H groups in total. The molecule has 2 rings (SSSR count). The molecule has 102 valence electrons. The molecule has 1 aliphatic rings. The number of aromatic nitrogens is 2. The monoisotopic (exact) mass is 313 g/mol. The number of rotatable bonds is 6. The van der Waals surface area contributed by atoms with Crippen molar-refractivity contribution in [1.82, 2.24) is 15.1 Å². The summed E-state index contributed by atoms with van der Waals surface area (Å²) < 4.78 is 3.30. The zero-order chi connectivity index (χ0) is 13.0. The quantitative estimate of drug-likeness (QED) is 0.863. The topological polar surface area (TPSA) is 29.9 Å². The molecule has 0 saturated heterocycles. The Kier molecular flexibility index (Phi) is 5.25. The summed E-state index contributed by atoms with van der Waals surface area (Å²) in [4.78, 5) is 0. The maximum atomic E-state index is 4.48. The van der Waals surface area contributed by atoms with Crippen molar-refractivity contribution < 1.29 is 0 Å². The third-order valence-electron chi connectivity index (χ3n) is 3.99. The highest BCUT2D eigenvalue weighted by Crippen LogP contribution is 2.35. The van der Waals surface area contributed by atoms with Crippen molar-refractivity contribution in [3.05, 3.63) is 16.4 Å². The molecule has 4 heteroatoms. The second kappa shape index (κ2) is 6.71. The smallest absolute Gasteiger partial charge is 0.0695 e. The van der Waals surface area contributed by atoms with Crippen molar-refractivity contribution in [2.24, 2.45) is 5.92 Å². The number of hydrogen-bond acceptors (Lipinski definition) is 2. The van der Waals surface area contributed by atoms with E-state index in [-0.39, 0.29) is 0 Å². The average Bonchev–Trinajstić information content (AvgIpc) is 2.98. The van der Waals surface area contributed by atoms with E-state index in [0.717, 1.165) is 23.4 Å². The van der Waals surface area contributed by atoms with Crippen LogP contribution in [0, 0.1) is 5.92 Å². The molecule has 1 aromatic heterocycles. The molecule has 1 saturated carbocycles. The molecule has 1 atom stereocenters. The maximum Gasteiger partial charge on any atom is 0.0695 e. The van der Waals surface area contributed by atoms with Gasteiger partial charge in [0.05, 0.1) is 22.4 Å². The Morgan fingerprint density at radius 2 is 2.22 bits per heavy atom. The maximum absolute atomic E-state index is 4.48. The first-order chi connectivity index (χ1) is 8.76. The van der Waals surface area contributed by atoms with Crippen LogP contribution in [0.5, 0.6) is 0 Å². The largest absolute Gasteiger partial charge is 0.312 e. The molecular formula is C14H24BrN3. The molecule has 0 aliphatic heterocycles. The zero-order valence-corrected chi connectivity index (χ0v) is 13.0. The molecule has 0 aromatic carbocycles. The summed E-state index contributed by atoms with van der Waals surface area (Å²) in [5, 5.41) is 7.96. The summed E-state index contributed by atoms with van der Waals surface area (Å²) in [6, 6.07) is 0.427. The van der Waals surface area contributed by atoms with Gasteiger partial charge in [-0.25, -0.2) is 0 Å². The molecule has 18 heavy (non-hydrogen) atoms. The lowest BCUT2D eigenvalue weighted by Gasteiger charge is -2.22. The summed E-state index contributed by atoms with van der Waals surface area (Å²) in [6.07, 6.45) is 9.93. The van der Waals surface area contributed by atoms with Crippen LogP contribution >= 0.6 is 15.9 Å². The average molecular weight is 314 g/mol. The van der Waals surface area contributed by atoms with Crippen LogP contribution in [0.25, 0.3) is 0 Å². The van der Waals surface area contributed by atoms with E-state index in [4.69, 9.17) is 0 Å². The molecule has 0 spiro atoms. The molecule has 1 fully saturated rings. The van der Waals surface area contributed by atoms with Gasteiger partial charge in [-0.2, -0.15) is 5.10 Å². The Bertz CT molecular complexity index is 369. The van der Waals surface area contributed by atoms with Gasteiger partial charge in [-0.1, -0.05) is 32.6 Å². The first-order valence-corrected chi connectivity index (χ1v) is 7.94. The van der Waals surface area contributed by atoms with Crippen LogP contribution in [0.3, 0.4) is 0 Å².